The van der Waals surface area contributed by atoms with Crippen LogP contribution >= 0.6 is 0 Å². The Kier molecular flexibility index (Phi) is 31.3. The van der Waals surface area contributed by atoms with Gasteiger partial charge in [-0.1, -0.05) is 95.9 Å². The minimum Gasteiger partial charge on any atom is -0.466 e. The van der Waals surface area contributed by atoms with Gasteiger partial charge in [0.15, 0.2) is 0 Å². The Bertz CT molecular complexity index is 1060. The van der Waals surface area contributed by atoms with Gasteiger partial charge in [-0.2, -0.15) is 0 Å². The SMILES string of the molecule is CC/C=C\CCCOC(=O)CCN(CCCCN(CCC(=O)OCCCCCCCC/C=C\CCCCCCCC)C(=O)OC(C)(C)C)C(=O)OC(C)(C)C. The van der Waals surface area contributed by atoms with Crippen molar-refractivity contribution in [3.63, 3.8) is 0 Å². The van der Waals surface area contributed by atoms with E-state index in [1.165, 1.54) is 74.0 Å². The van der Waals surface area contributed by atoms with Crippen LogP contribution in [-0.2, 0) is 28.5 Å². The van der Waals surface area contributed by atoms with E-state index in [0.717, 1.165) is 44.9 Å². The smallest absolute Gasteiger partial charge is 0.410 e. The Morgan fingerprint density at radius 1 is 0.455 bits per heavy atom. The molecule has 0 aromatic heterocycles. The number of ether oxygens (including phenoxy) is 4. The summed E-state index contributed by atoms with van der Waals surface area (Å²) in [6.07, 6.45) is 28.8. The molecule has 0 bridgehead atoms. The lowest BCUT2D eigenvalue weighted by Gasteiger charge is -2.29. The molecule has 0 aliphatic heterocycles. The Morgan fingerprint density at radius 2 is 0.836 bits per heavy atom. The molecule has 0 radical (unpaired) electrons. The molecule has 0 aliphatic rings. The number of allylic oxidation sites excluding steroid dienone is 4. The third kappa shape index (κ3) is 35.1. The molecule has 55 heavy (non-hydrogen) atoms. The monoisotopic (exact) mass is 779 g/mol. The first-order chi connectivity index (χ1) is 26.2. The van der Waals surface area contributed by atoms with Gasteiger partial charge < -0.3 is 28.7 Å². The van der Waals surface area contributed by atoms with Crippen LogP contribution in [-0.4, -0.2) is 84.5 Å². The first kappa shape index (κ1) is 52.0. The van der Waals surface area contributed by atoms with E-state index in [4.69, 9.17) is 18.9 Å². The highest BCUT2D eigenvalue weighted by molar-refractivity contribution is 5.73. The molecule has 2 amide bonds. The second-order valence-corrected chi connectivity index (χ2v) is 16.5. The zero-order valence-corrected chi connectivity index (χ0v) is 36.6. The summed E-state index contributed by atoms with van der Waals surface area (Å²) in [5.74, 6) is -0.689. The standard InChI is InChI=1S/C45H82N2O8/c1-9-11-13-15-16-17-18-19-20-21-22-23-24-25-27-31-39-53-41(49)33-37-47(43(51)55-45(6,7)8)35-29-28-34-46(42(50)54-44(3,4)5)36-32-40(48)52-38-30-26-14-12-10-2/h12,14,19-20H,9-11,13,15-18,21-39H2,1-8H3/b14-12-,20-19-. The lowest BCUT2D eigenvalue weighted by molar-refractivity contribution is -0.145. The third-order valence-corrected chi connectivity index (χ3v) is 8.68. The molecule has 0 N–H and O–H groups in total. The number of unbranched alkanes of at least 4 members (excludes halogenated alkanes) is 14. The summed E-state index contributed by atoms with van der Waals surface area (Å²) in [5.41, 5.74) is -1.37. The minimum atomic E-state index is -0.687. The molecule has 0 atom stereocenters. The zero-order valence-electron chi connectivity index (χ0n) is 36.6. The molecule has 0 aliphatic carbocycles. The number of carbonyl (C=O) groups is 4. The topological polar surface area (TPSA) is 112 Å². The molecule has 0 rings (SSSR count). The van der Waals surface area contributed by atoms with Gasteiger partial charge in [-0.15, -0.1) is 0 Å². The van der Waals surface area contributed by atoms with Gasteiger partial charge in [-0.3, -0.25) is 9.59 Å². The lowest BCUT2D eigenvalue weighted by atomic mass is 10.1. The number of hydrogen-bond donors (Lipinski definition) is 0. The average Bonchev–Trinajstić information content (AvgIpc) is 3.10. The molecule has 10 nitrogen and oxygen atoms in total. The van der Waals surface area contributed by atoms with Crippen LogP contribution in [0.3, 0.4) is 0 Å². The van der Waals surface area contributed by atoms with Gasteiger partial charge in [-0.05, 0) is 106 Å². The fraction of sp³-hybridized carbons (Fsp3) is 0.822. The summed E-state index contributed by atoms with van der Waals surface area (Å²) in [5, 5.41) is 0. The third-order valence-electron chi connectivity index (χ3n) is 8.68. The van der Waals surface area contributed by atoms with E-state index in [0.29, 0.717) is 39.1 Å². The highest BCUT2D eigenvalue weighted by Gasteiger charge is 2.25. The van der Waals surface area contributed by atoms with Gasteiger partial charge in [0.1, 0.15) is 11.2 Å². The van der Waals surface area contributed by atoms with E-state index in [9.17, 15) is 19.2 Å². The van der Waals surface area contributed by atoms with Crippen molar-refractivity contribution in [1.82, 2.24) is 9.80 Å². The van der Waals surface area contributed by atoms with Gasteiger partial charge >= 0.3 is 24.1 Å². The second-order valence-electron chi connectivity index (χ2n) is 16.5. The maximum Gasteiger partial charge on any atom is 0.410 e. The quantitative estimate of drug-likeness (QED) is 0.0287. The average molecular weight is 779 g/mol. The summed E-state index contributed by atoms with van der Waals surface area (Å²) in [7, 11) is 0. The number of nitrogens with zero attached hydrogens (tertiary/aromatic N) is 2. The molecule has 0 heterocycles. The van der Waals surface area contributed by atoms with Crippen LogP contribution in [0.25, 0.3) is 0 Å². The first-order valence-corrected chi connectivity index (χ1v) is 21.8. The molecule has 320 valence electrons. The lowest BCUT2D eigenvalue weighted by Crippen LogP contribution is -2.40. The second kappa shape index (κ2) is 33.1. The van der Waals surface area contributed by atoms with E-state index in [1.807, 2.05) is 0 Å². The van der Waals surface area contributed by atoms with Crippen LogP contribution in [0.2, 0.25) is 0 Å². The Labute approximate surface area is 336 Å². The van der Waals surface area contributed by atoms with Crippen LogP contribution < -0.4 is 0 Å². The highest BCUT2D eigenvalue weighted by atomic mass is 16.6. The molecular weight excluding hydrogens is 697 g/mol. The van der Waals surface area contributed by atoms with E-state index < -0.39 is 23.4 Å². The molecule has 0 aromatic carbocycles. The Hall–Kier alpha value is -3.04. The summed E-state index contributed by atoms with van der Waals surface area (Å²) in [6.45, 7) is 16.9. The molecule has 0 spiro atoms. The van der Waals surface area contributed by atoms with Crippen molar-refractivity contribution in [3.8, 4) is 0 Å². The predicted octanol–water partition coefficient (Wildman–Crippen LogP) is 11.9. The van der Waals surface area contributed by atoms with E-state index in [1.54, 1.807) is 41.5 Å². The van der Waals surface area contributed by atoms with Crippen molar-refractivity contribution < 1.29 is 38.1 Å². The Balaban J connectivity index is 4.61. The molecule has 0 aromatic rings. The highest BCUT2D eigenvalue weighted by Crippen LogP contribution is 2.15. The van der Waals surface area contributed by atoms with Gasteiger partial charge in [0.2, 0.25) is 0 Å². The molecule has 0 saturated carbocycles. The van der Waals surface area contributed by atoms with Crippen molar-refractivity contribution in [2.75, 3.05) is 39.4 Å². The minimum absolute atomic E-state index is 0.0629. The maximum atomic E-state index is 13.0. The van der Waals surface area contributed by atoms with Crippen LogP contribution in [0.4, 0.5) is 9.59 Å². The predicted molar refractivity (Wildman–Crippen MR) is 224 cm³/mol. The maximum absolute atomic E-state index is 13.0. The summed E-state index contributed by atoms with van der Waals surface area (Å²) in [6, 6.07) is 0. The summed E-state index contributed by atoms with van der Waals surface area (Å²) in [4.78, 5) is 54.0. The molecular formula is C45H82N2O8. The van der Waals surface area contributed by atoms with E-state index in [-0.39, 0.29) is 37.9 Å². The van der Waals surface area contributed by atoms with Crippen molar-refractivity contribution in [1.29, 1.82) is 0 Å². The fourth-order valence-corrected chi connectivity index (χ4v) is 5.65. The number of carbonyl (C=O) groups excluding carboxylic acids is 4. The summed E-state index contributed by atoms with van der Waals surface area (Å²) < 4.78 is 22.0. The van der Waals surface area contributed by atoms with Crippen LogP contribution in [0.1, 0.15) is 190 Å². The Morgan fingerprint density at radius 3 is 1.27 bits per heavy atom. The number of esters is 2. The van der Waals surface area contributed by atoms with Gasteiger partial charge in [0.25, 0.3) is 0 Å². The van der Waals surface area contributed by atoms with Crippen LogP contribution in [0, 0.1) is 0 Å². The molecule has 10 heteroatoms. The molecule has 0 saturated heterocycles. The van der Waals surface area contributed by atoms with Gasteiger partial charge in [0, 0.05) is 26.2 Å². The van der Waals surface area contributed by atoms with Crippen molar-refractivity contribution in [2.24, 2.45) is 0 Å². The largest absolute Gasteiger partial charge is 0.466 e. The zero-order chi connectivity index (χ0) is 41.2. The number of rotatable bonds is 32. The van der Waals surface area contributed by atoms with Gasteiger partial charge in [-0.25, -0.2) is 9.59 Å². The van der Waals surface area contributed by atoms with E-state index >= 15 is 0 Å². The van der Waals surface area contributed by atoms with E-state index in [2.05, 4.69) is 38.2 Å². The fourth-order valence-electron chi connectivity index (χ4n) is 5.65. The molecule has 0 fully saturated rings. The van der Waals surface area contributed by atoms with Gasteiger partial charge in [0.05, 0.1) is 26.1 Å². The number of amides is 2. The first-order valence-electron chi connectivity index (χ1n) is 21.8. The summed E-state index contributed by atoms with van der Waals surface area (Å²) >= 11 is 0. The molecule has 0 unspecified atom stereocenters. The van der Waals surface area contributed by atoms with Crippen molar-refractivity contribution >= 4 is 24.1 Å². The number of hydrogen-bond acceptors (Lipinski definition) is 8. The normalized spacial score (nSPS) is 11.9. The van der Waals surface area contributed by atoms with Crippen molar-refractivity contribution in [3.05, 3.63) is 24.3 Å². The van der Waals surface area contributed by atoms with Crippen molar-refractivity contribution in [2.45, 2.75) is 201 Å². The van der Waals surface area contributed by atoms with Crippen LogP contribution in [0.15, 0.2) is 24.3 Å². The van der Waals surface area contributed by atoms with Crippen LogP contribution in [0.5, 0.6) is 0 Å².